The summed E-state index contributed by atoms with van der Waals surface area (Å²) in [5.41, 5.74) is -0.801. The third kappa shape index (κ3) is 4.47. The molecule has 1 aliphatic rings. The Morgan fingerprint density at radius 1 is 1.44 bits per heavy atom. The largest absolute Gasteiger partial charge is 0.481 e. The number of carbonyl (C=O) groups is 1. The Labute approximate surface area is 96.3 Å². The Morgan fingerprint density at radius 2 is 2.06 bits per heavy atom. The van der Waals surface area contributed by atoms with Crippen molar-refractivity contribution >= 4 is 5.97 Å². The highest BCUT2D eigenvalue weighted by atomic mass is 16.5. The van der Waals surface area contributed by atoms with Crippen LogP contribution in [0.1, 0.15) is 13.8 Å². The van der Waals surface area contributed by atoms with Gasteiger partial charge in [-0.15, -0.1) is 0 Å². The predicted octanol–water partition coefficient (Wildman–Crippen LogP) is 0.446. The van der Waals surface area contributed by atoms with E-state index in [-0.39, 0.29) is 6.61 Å². The van der Waals surface area contributed by atoms with Crippen molar-refractivity contribution in [3.05, 3.63) is 0 Å². The number of rotatable bonds is 6. The van der Waals surface area contributed by atoms with Gasteiger partial charge in [0.2, 0.25) is 0 Å². The molecule has 16 heavy (non-hydrogen) atoms. The van der Waals surface area contributed by atoms with Crippen molar-refractivity contribution in [3.8, 4) is 0 Å². The van der Waals surface area contributed by atoms with Crippen LogP contribution in [0.25, 0.3) is 0 Å². The van der Waals surface area contributed by atoms with E-state index < -0.39 is 11.4 Å². The van der Waals surface area contributed by atoms with Gasteiger partial charge < -0.3 is 14.6 Å². The summed E-state index contributed by atoms with van der Waals surface area (Å²) in [4.78, 5) is 13.1. The zero-order valence-corrected chi connectivity index (χ0v) is 10.1. The molecule has 1 heterocycles. The van der Waals surface area contributed by atoms with E-state index in [1.54, 1.807) is 13.8 Å². The molecule has 5 heteroatoms. The lowest BCUT2D eigenvalue weighted by atomic mass is 9.95. The van der Waals surface area contributed by atoms with E-state index in [0.29, 0.717) is 6.61 Å². The molecule has 5 nitrogen and oxygen atoms in total. The molecule has 0 bridgehead atoms. The summed E-state index contributed by atoms with van der Waals surface area (Å²) >= 11 is 0. The van der Waals surface area contributed by atoms with Gasteiger partial charge in [0.1, 0.15) is 0 Å². The van der Waals surface area contributed by atoms with Crippen LogP contribution in [0.3, 0.4) is 0 Å². The molecule has 0 radical (unpaired) electrons. The van der Waals surface area contributed by atoms with E-state index in [9.17, 15) is 4.79 Å². The first-order valence-electron chi connectivity index (χ1n) is 5.63. The van der Waals surface area contributed by atoms with E-state index in [4.69, 9.17) is 14.6 Å². The van der Waals surface area contributed by atoms with Crippen molar-refractivity contribution in [2.24, 2.45) is 5.41 Å². The fraction of sp³-hybridized carbons (Fsp3) is 0.909. The molecule has 1 saturated heterocycles. The van der Waals surface area contributed by atoms with Crippen LogP contribution in [0.5, 0.6) is 0 Å². The van der Waals surface area contributed by atoms with Crippen LogP contribution in [0.2, 0.25) is 0 Å². The third-order valence-corrected chi connectivity index (χ3v) is 2.70. The van der Waals surface area contributed by atoms with Crippen LogP contribution in [0.15, 0.2) is 0 Å². The molecule has 0 aromatic carbocycles. The Kier molecular flexibility index (Phi) is 5.18. The molecule has 1 fully saturated rings. The standard InChI is InChI=1S/C11H21NO4/c1-11(2,10(13)14)9-16-8-5-12-3-6-15-7-4-12/h3-9H2,1-2H3,(H,13,14). The number of aliphatic carboxylic acids is 1. The predicted molar refractivity (Wildman–Crippen MR) is 59.5 cm³/mol. The number of carboxylic acids is 1. The van der Waals surface area contributed by atoms with Crippen molar-refractivity contribution < 1.29 is 19.4 Å². The third-order valence-electron chi connectivity index (χ3n) is 2.70. The number of nitrogens with zero attached hydrogens (tertiary/aromatic N) is 1. The fourth-order valence-corrected chi connectivity index (χ4v) is 1.41. The van der Waals surface area contributed by atoms with Crippen molar-refractivity contribution in [3.63, 3.8) is 0 Å². The molecule has 0 spiro atoms. The van der Waals surface area contributed by atoms with Gasteiger partial charge in [0.05, 0.1) is 31.8 Å². The molecule has 0 aliphatic carbocycles. The van der Waals surface area contributed by atoms with Gasteiger partial charge >= 0.3 is 5.97 Å². The Balaban J connectivity index is 2.09. The molecule has 1 aliphatic heterocycles. The van der Waals surface area contributed by atoms with E-state index in [0.717, 1.165) is 32.8 Å². The number of ether oxygens (including phenoxy) is 2. The molecule has 1 rings (SSSR count). The maximum atomic E-state index is 10.8. The number of hydrogen-bond donors (Lipinski definition) is 1. The lowest BCUT2D eigenvalue weighted by molar-refractivity contribution is -0.150. The first-order chi connectivity index (χ1) is 7.52. The maximum Gasteiger partial charge on any atom is 0.311 e. The second-order valence-corrected chi connectivity index (χ2v) is 4.70. The Bertz CT molecular complexity index is 224. The van der Waals surface area contributed by atoms with Gasteiger partial charge in [0, 0.05) is 19.6 Å². The minimum absolute atomic E-state index is 0.257. The lowest BCUT2D eigenvalue weighted by Gasteiger charge is -2.27. The quantitative estimate of drug-likeness (QED) is 0.672. The van der Waals surface area contributed by atoms with E-state index >= 15 is 0 Å². The molecule has 0 aromatic heterocycles. The normalized spacial score (nSPS) is 18.6. The van der Waals surface area contributed by atoms with Crippen LogP contribution in [-0.4, -0.2) is 62.0 Å². The summed E-state index contributed by atoms with van der Waals surface area (Å²) in [6.07, 6.45) is 0. The van der Waals surface area contributed by atoms with Crippen LogP contribution >= 0.6 is 0 Å². The second-order valence-electron chi connectivity index (χ2n) is 4.70. The van der Waals surface area contributed by atoms with Crippen molar-refractivity contribution in [2.45, 2.75) is 13.8 Å². The van der Waals surface area contributed by atoms with Crippen molar-refractivity contribution in [1.82, 2.24) is 4.90 Å². The van der Waals surface area contributed by atoms with Gasteiger partial charge in [-0.1, -0.05) is 0 Å². The summed E-state index contributed by atoms with van der Waals surface area (Å²) < 4.78 is 10.6. The highest BCUT2D eigenvalue weighted by Crippen LogP contribution is 2.15. The van der Waals surface area contributed by atoms with Crippen LogP contribution in [0, 0.1) is 5.41 Å². The summed E-state index contributed by atoms with van der Waals surface area (Å²) in [5, 5.41) is 8.88. The highest BCUT2D eigenvalue weighted by molar-refractivity contribution is 5.73. The molecular weight excluding hydrogens is 210 g/mol. The van der Waals surface area contributed by atoms with Gasteiger partial charge in [-0.25, -0.2) is 0 Å². The zero-order chi connectivity index (χ0) is 12.0. The van der Waals surface area contributed by atoms with Crippen molar-refractivity contribution in [1.29, 1.82) is 0 Å². The van der Waals surface area contributed by atoms with Gasteiger partial charge in [0.15, 0.2) is 0 Å². The first kappa shape index (κ1) is 13.4. The van der Waals surface area contributed by atoms with Crippen LogP contribution in [0.4, 0.5) is 0 Å². The topological polar surface area (TPSA) is 59.0 Å². The van der Waals surface area contributed by atoms with E-state index in [1.807, 2.05) is 0 Å². The van der Waals surface area contributed by atoms with Crippen molar-refractivity contribution in [2.75, 3.05) is 46.1 Å². The minimum Gasteiger partial charge on any atom is -0.481 e. The van der Waals surface area contributed by atoms with Gasteiger partial charge in [0.25, 0.3) is 0 Å². The first-order valence-corrected chi connectivity index (χ1v) is 5.63. The molecule has 0 amide bonds. The van der Waals surface area contributed by atoms with Gasteiger partial charge in [-0.05, 0) is 13.8 Å². The maximum absolute atomic E-state index is 10.8. The van der Waals surface area contributed by atoms with Gasteiger partial charge in [-0.3, -0.25) is 9.69 Å². The monoisotopic (exact) mass is 231 g/mol. The van der Waals surface area contributed by atoms with E-state index in [2.05, 4.69) is 4.90 Å². The fourth-order valence-electron chi connectivity index (χ4n) is 1.41. The molecule has 1 N–H and O–H groups in total. The number of carboxylic acid groups (broad SMARTS) is 1. The zero-order valence-electron chi connectivity index (χ0n) is 10.1. The Morgan fingerprint density at radius 3 is 2.62 bits per heavy atom. The van der Waals surface area contributed by atoms with Gasteiger partial charge in [-0.2, -0.15) is 0 Å². The summed E-state index contributed by atoms with van der Waals surface area (Å²) in [5.74, 6) is -0.820. The lowest BCUT2D eigenvalue weighted by Crippen LogP contribution is -2.39. The second kappa shape index (κ2) is 6.18. The average Bonchev–Trinajstić information content (AvgIpc) is 2.26. The molecular formula is C11H21NO4. The SMILES string of the molecule is CC(C)(COCCN1CCOCC1)C(=O)O. The number of hydrogen-bond acceptors (Lipinski definition) is 4. The summed E-state index contributed by atoms with van der Waals surface area (Å²) in [6.45, 7) is 8.45. The Hall–Kier alpha value is -0.650. The average molecular weight is 231 g/mol. The summed E-state index contributed by atoms with van der Waals surface area (Å²) in [6, 6.07) is 0. The number of morpholine rings is 1. The highest BCUT2D eigenvalue weighted by Gasteiger charge is 2.27. The molecule has 94 valence electrons. The molecule has 0 saturated carbocycles. The summed E-state index contributed by atoms with van der Waals surface area (Å²) in [7, 11) is 0. The molecule has 0 atom stereocenters. The minimum atomic E-state index is -0.820. The van der Waals surface area contributed by atoms with Crippen LogP contribution in [-0.2, 0) is 14.3 Å². The molecule has 0 aromatic rings. The molecule has 0 unspecified atom stereocenters. The van der Waals surface area contributed by atoms with Crippen LogP contribution < -0.4 is 0 Å². The smallest absolute Gasteiger partial charge is 0.311 e. The van der Waals surface area contributed by atoms with E-state index in [1.165, 1.54) is 0 Å².